The van der Waals surface area contributed by atoms with Crippen LogP contribution in [0, 0.1) is 19.7 Å². The number of hydrogen-bond donors (Lipinski definition) is 2. The van der Waals surface area contributed by atoms with Gasteiger partial charge in [0.25, 0.3) is 0 Å². The Hall–Kier alpha value is -2.35. The van der Waals surface area contributed by atoms with E-state index in [1.54, 1.807) is 26.0 Å². The minimum Gasteiger partial charge on any atom is -0.360 e. The minimum absolute atomic E-state index is 0.0403. The Morgan fingerprint density at radius 1 is 1.17 bits per heavy atom. The minimum atomic E-state index is -0.484. The second-order valence-electron chi connectivity index (χ2n) is 4.90. The van der Waals surface area contributed by atoms with Gasteiger partial charge in [-0.25, -0.2) is 4.39 Å². The molecule has 2 amide bonds. The Kier molecular flexibility index (Phi) is 5.75. The monoisotopic (exact) mass is 337 g/mol. The first-order chi connectivity index (χ1) is 10.9. The molecular weight excluding hydrogens is 321 g/mol. The molecule has 0 saturated carbocycles. The third-order valence-corrected chi connectivity index (χ3v) is 3.69. The fourth-order valence-corrected chi connectivity index (χ4v) is 2.37. The summed E-state index contributed by atoms with van der Waals surface area (Å²) >= 11 is 1.12. The standard InChI is InChI=1S/C15H16FN3O3S/c1-9-3-4-12(11(16)5-9)17-14(20)7-23-8-15(21)18-13-6-10(2)22-19-13/h3-6H,7-8H2,1-2H3,(H,17,20)(H,18,19,21). The number of thioether (sulfide) groups is 1. The van der Waals surface area contributed by atoms with Crippen molar-refractivity contribution in [1.82, 2.24) is 5.16 Å². The van der Waals surface area contributed by atoms with E-state index in [0.29, 0.717) is 11.6 Å². The van der Waals surface area contributed by atoms with Gasteiger partial charge in [-0.2, -0.15) is 0 Å². The summed E-state index contributed by atoms with van der Waals surface area (Å²) < 4.78 is 18.4. The Labute approximate surface area is 136 Å². The van der Waals surface area contributed by atoms with Crippen molar-refractivity contribution < 1.29 is 18.5 Å². The summed E-state index contributed by atoms with van der Waals surface area (Å²) in [6.45, 7) is 3.48. The second-order valence-corrected chi connectivity index (χ2v) is 5.88. The average Bonchev–Trinajstić information content (AvgIpc) is 2.87. The van der Waals surface area contributed by atoms with Gasteiger partial charge < -0.3 is 15.2 Å². The van der Waals surface area contributed by atoms with E-state index in [0.717, 1.165) is 17.3 Å². The van der Waals surface area contributed by atoms with Crippen molar-refractivity contribution in [2.45, 2.75) is 13.8 Å². The van der Waals surface area contributed by atoms with E-state index in [1.165, 1.54) is 12.1 Å². The number of nitrogens with zero attached hydrogens (tertiary/aromatic N) is 1. The van der Waals surface area contributed by atoms with Crippen molar-refractivity contribution in [1.29, 1.82) is 0 Å². The molecule has 2 aromatic rings. The highest BCUT2D eigenvalue weighted by Gasteiger charge is 2.10. The zero-order valence-corrected chi connectivity index (χ0v) is 13.5. The zero-order chi connectivity index (χ0) is 16.8. The summed E-state index contributed by atoms with van der Waals surface area (Å²) in [5.41, 5.74) is 0.901. The van der Waals surface area contributed by atoms with Crippen molar-refractivity contribution >= 4 is 35.1 Å². The number of aryl methyl sites for hydroxylation is 2. The fraction of sp³-hybridized carbons (Fsp3) is 0.267. The van der Waals surface area contributed by atoms with Gasteiger partial charge in [-0.15, -0.1) is 11.8 Å². The highest BCUT2D eigenvalue weighted by Crippen LogP contribution is 2.16. The summed E-state index contributed by atoms with van der Waals surface area (Å²) in [4.78, 5) is 23.4. The highest BCUT2D eigenvalue weighted by atomic mass is 32.2. The van der Waals surface area contributed by atoms with Crippen molar-refractivity contribution in [3.05, 3.63) is 41.4 Å². The van der Waals surface area contributed by atoms with Crippen LogP contribution in [0.15, 0.2) is 28.8 Å². The van der Waals surface area contributed by atoms with Gasteiger partial charge in [0.05, 0.1) is 17.2 Å². The zero-order valence-electron chi connectivity index (χ0n) is 12.7. The highest BCUT2D eigenvalue weighted by molar-refractivity contribution is 8.00. The van der Waals surface area contributed by atoms with Crippen LogP contribution in [0.2, 0.25) is 0 Å². The molecule has 0 saturated heterocycles. The largest absolute Gasteiger partial charge is 0.360 e. The maximum atomic E-state index is 13.6. The predicted molar refractivity (Wildman–Crippen MR) is 87.0 cm³/mol. The van der Waals surface area contributed by atoms with Crippen molar-refractivity contribution in [3.8, 4) is 0 Å². The van der Waals surface area contributed by atoms with Gasteiger partial charge in [0, 0.05) is 6.07 Å². The molecule has 8 heteroatoms. The smallest absolute Gasteiger partial charge is 0.235 e. The molecule has 6 nitrogen and oxygen atoms in total. The van der Waals surface area contributed by atoms with Crippen LogP contribution in [0.5, 0.6) is 0 Å². The first-order valence-electron chi connectivity index (χ1n) is 6.81. The Morgan fingerprint density at radius 3 is 2.48 bits per heavy atom. The molecule has 0 fully saturated rings. The van der Waals surface area contributed by atoms with E-state index in [1.807, 2.05) is 0 Å². The molecule has 0 spiro atoms. The van der Waals surface area contributed by atoms with Gasteiger partial charge in [0.15, 0.2) is 5.82 Å². The lowest BCUT2D eigenvalue weighted by molar-refractivity contribution is -0.114. The Bertz CT molecular complexity index is 718. The molecule has 0 aliphatic heterocycles. The molecule has 1 heterocycles. The van der Waals surface area contributed by atoms with Crippen LogP contribution in [-0.4, -0.2) is 28.5 Å². The van der Waals surface area contributed by atoms with Crippen molar-refractivity contribution in [2.24, 2.45) is 0 Å². The first-order valence-corrected chi connectivity index (χ1v) is 7.96. The third kappa shape index (κ3) is 5.41. The summed E-state index contributed by atoms with van der Waals surface area (Å²) in [7, 11) is 0. The third-order valence-electron chi connectivity index (χ3n) is 2.76. The predicted octanol–water partition coefficient (Wildman–Crippen LogP) is 2.74. The summed E-state index contributed by atoms with van der Waals surface area (Å²) in [6, 6.07) is 6.15. The van der Waals surface area contributed by atoms with Crippen LogP contribution in [0.25, 0.3) is 0 Å². The van der Waals surface area contributed by atoms with E-state index < -0.39 is 5.82 Å². The van der Waals surface area contributed by atoms with Crippen LogP contribution in [0.3, 0.4) is 0 Å². The normalized spacial score (nSPS) is 10.4. The summed E-state index contributed by atoms with van der Waals surface area (Å²) in [5, 5.41) is 8.65. The molecule has 122 valence electrons. The maximum absolute atomic E-state index is 13.6. The molecule has 0 atom stereocenters. The molecule has 0 aliphatic carbocycles. The van der Waals surface area contributed by atoms with E-state index in [2.05, 4.69) is 15.8 Å². The molecule has 23 heavy (non-hydrogen) atoms. The molecule has 0 radical (unpaired) electrons. The number of carbonyl (C=O) groups is 2. The number of anilines is 2. The van der Waals surface area contributed by atoms with Crippen LogP contribution in [0.1, 0.15) is 11.3 Å². The second kappa shape index (κ2) is 7.77. The number of hydrogen-bond acceptors (Lipinski definition) is 5. The lowest BCUT2D eigenvalue weighted by Crippen LogP contribution is -2.19. The average molecular weight is 337 g/mol. The van der Waals surface area contributed by atoms with Gasteiger partial charge in [0.1, 0.15) is 11.6 Å². The van der Waals surface area contributed by atoms with Gasteiger partial charge in [-0.3, -0.25) is 9.59 Å². The van der Waals surface area contributed by atoms with E-state index in [9.17, 15) is 14.0 Å². The van der Waals surface area contributed by atoms with E-state index in [-0.39, 0.29) is 29.0 Å². The topological polar surface area (TPSA) is 84.2 Å². The van der Waals surface area contributed by atoms with Crippen molar-refractivity contribution in [2.75, 3.05) is 22.1 Å². The first kappa shape index (κ1) is 17.0. The molecule has 2 N–H and O–H groups in total. The molecule has 1 aromatic carbocycles. The number of carbonyl (C=O) groups excluding carboxylic acids is 2. The van der Waals surface area contributed by atoms with Crippen LogP contribution >= 0.6 is 11.8 Å². The lowest BCUT2D eigenvalue weighted by Gasteiger charge is -2.07. The van der Waals surface area contributed by atoms with Gasteiger partial charge >= 0.3 is 0 Å². The summed E-state index contributed by atoms with van der Waals surface area (Å²) in [5.74, 6) is -0.108. The number of amides is 2. The number of aromatic nitrogens is 1. The molecule has 0 bridgehead atoms. The molecular formula is C15H16FN3O3S. The van der Waals surface area contributed by atoms with Gasteiger partial charge in [-0.1, -0.05) is 11.2 Å². The van der Waals surface area contributed by atoms with Gasteiger partial charge in [0.2, 0.25) is 11.8 Å². The fourth-order valence-electron chi connectivity index (χ4n) is 1.75. The number of nitrogens with one attached hydrogen (secondary N) is 2. The van der Waals surface area contributed by atoms with Crippen LogP contribution in [-0.2, 0) is 9.59 Å². The maximum Gasteiger partial charge on any atom is 0.235 e. The molecule has 0 unspecified atom stereocenters. The number of rotatable bonds is 6. The molecule has 1 aromatic heterocycles. The summed E-state index contributed by atoms with van der Waals surface area (Å²) in [6.07, 6.45) is 0. The molecule has 0 aliphatic rings. The van der Waals surface area contributed by atoms with Crippen LogP contribution in [0.4, 0.5) is 15.9 Å². The quantitative estimate of drug-likeness (QED) is 0.847. The molecule has 2 rings (SSSR count). The Morgan fingerprint density at radius 2 is 1.87 bits per heavy atom. The lowest BCUT2D eigenvalue weighted by atomic mass is 10.2. The SMILES string of the molecule is Cc1ccc(NC(=O)CSCC(=O)Nc2cc(C)on2)c(F)c1. The van der Waals surface area contributed by atoms with Gasteiger partial charge in [-0.05, 0) is 31.5 Å². The van der Waals surface area contributed by atoms with Crippen LogP contribution < -0.4 is 10.6 Å². The Balaban J connectivity index is 1.73. The number of halogens is 1. The van der Waals surface area contributed by atoms with E-state index in [4.69, 9.17) is 4.52 Å². The van der Waals surface area contributed by atoms with E-state index >= 15 is 0 Å². The number of benzene rings is 1. The van der Waals surface area contributed by atoms with Crippen molar-refractivity contribution in [3.63, 3.8) is 0 Å².